The van der Waals surface area contributed by atoms with Crippen LogP contribution in [0, 0.1) is 0 Å². The first-order valence-corrected chi connectivity index (χ1v) is 25.5. The number of hydrogen-bond acceptors (Lipinski definition) is 3. The molecule has 0 aliphatic carbocycles. The Labute approximate surface area is 351 Å². The van der Waals surface area contributed by atoms with Crippen molar-refractivity contribution >= 4 is 5.91 Å². The molecule has 2 atom stereocenters. The minimum absolute atomic E-state index is 0.0285. The number of unbranched alkanes of at least 4 members (excludes halogenated alkanes) is 36. The molecule has 4 nitrogen and oxygen atoms in total. The lowest BCUT2D eigenvalue weighted by Gasteiger charge is -2.22. The first-order chi connectivity index (χ1) is 27.7. The first kappa shape index (κ1) is 54.9. The number of amides is 1. The highest BCUT2D eigenvalue weighted by atomic mass is 16.3. The number of rotatable bonds is 47. The van der Waals surface area contributed by atoms with Crippen LogP contribution in [0.2, 0.25) is 0 Å². The Morgan fingerprint density at radius 1 is 0.429 bits per heavy atom. The van der Waals surface area contributed by atoms with Gasteiger partial charge < -0.3 is 15.5 Å². The summed E-state index contributed by atoms with van der Waals surface area (Å²) in [4.78, 5) is 12.5. The molecule has 0 spiro atoms. The van der Waals surface area contributed by atoms with E-state index in [0.29, 0.717) is 12.8 Å². The number of carbonyl (C=O) groups is 1. The molecule has 0 fully saturated rings. The van der Waals surface area contributed by atoms with Gasteiger partial charge >= 0.3 is 0 Å². The summed E-state index contributed by atoms with van der Waals surface area (Å²) in [5, 5.41) is 23.3. The van der Waals surface area contributed by atoms with Gasteiger partial charge in [0.2, 0.25) is 5.91 Å². The SMILES string of the molecule is CCCCCCC/C=C\C/C=C\CCCCCCCCCCCCCCCC(=O)NC(CO)C(O)CCCCCCCCCCCCCCCCCCCCC. The third-order valence-corrected chi connectivity index (χ3v) is 12.0. The number of carbonyl (C=O) groups excluding carboxylic acids is 1. The topological polar surface area (TPSA) is 69.6 Å². The molecule has 0 aliphatic rings. The molecule has 0 rings (SSSR count). The average Bonchev–Trinajstić information content (AvgIpc) is 3.20. The molecular formula is C52H101NO3. The molecule has 0 aromatic rings. The first-order valence-electron chi connectivity index (χ1n) is 25.5. The summed E-state index contributed by atoms with van der Waals surface area (Å²) < 4.78 is 0. The third kappa shape index (κ3) is 44.0. The number of aliphatic hydroxyl groups excluding tert-OH is 2. The summed E-state index contributed by atoms with van der Waals surface area (Å²) >= 11 is 0. The molecule has 0 aromatic heterocycles. The van der Waals surface area contributed by atoms with E-state index in [-0.39, 0.29) is 12.5 Å². The highest BCUT2D eigenvalue weighted by Crippen LogP contribution is 2.17. The zero-order chi connectivity index (χ0) is 40.7. The van der Waals surface area contributed by atoms with E-state index in [2.05, 4.69) is 43.5 Å². The maximum absolute atomic E-state index is 12.5. The Morgan fingerprint density at radius 2 is 0.732 bits per heavy atom. The highest BCUT2D eigenvalue weighted by molar-refractivity contribution is 5.76. The van der Waals surface area contributed by atoms with E-state index < -0.39 is 12.1 Å². The van der Waals surface area contributed by atoms with E-state index in [1.54, 1.807) is 0 Å². The zero-order valence-electron chi connectivity index (χ0n) is 38.2. The molecule has 56 heavy (non-hydrogen) atoms. The molecule has 0 radical (unpaired) electrons. The molecule has 0 aromatic carbocycles. The Kier molecular flexibility index (Phi) is 47.3. The minimum atomic E-state index is -0.658. The molecular weight excluding hydrogens is 687 g/mol. The Morgan fingerprint density at radius 3 is 1.07 bits per heavy atom. The van der Waals surface area contributed by atoms with Crippen LogP contribution in [0.4, 0.5) is 0 Å². The molecule has 2 unspecified atom stereocenters. The summed E-state index contributed by atoms with van der Waals surface area (Å²) in [7, 11) is 0. The normalized spacial score (nSPS) is 13.0. The fraction of sp³-hybridized carbons (Fsp3) is 0.904. The van der Waals surface area contributed by atoms with Crippen molar-refractivity contribution in [3.8, 4) is 0 Å². The van der Waals surface area contributed by atoms with Gasteiger partial charge in [-0.25, -0.2) is 0 Å². The van der Waals surface area contributed by atoms with Crippen LogP contribution >= 0.6 is 0 Å². The Bertz CT molecular complexity index is 810. The van der Waals surface area contributed by atoms with Crippen LogP contribution < -0.4 is 5.32 Å². The lowest BCUT2D eigenvalue weighted by Crippen LogP contribution is -2.45. The van der Waals surface area contributed by atoms with Crippen molar-refractivity contribution in [2.45, 2.75) is 296 Å². The number of allylic oxidation sites excluding steroid dienone is 4. The summed E-state index contributed by atoms with van der Waals surface area (Å²) in [6.45, 7) is 4.37. The molecule has 1 amide bonds. The third-order valence-electron chi connectivity index (χ3n) is 12.0. The van der Waals surface area contributed by atoms with Gasteiger partial charge in [0, 0.05) is 6.42 Å². The van der Waals surface area contributed by atoms with Gasteiger partial charge in [0.15, 0.2) is 0 Å². The summed E-state index contributed by atoms with van der Waals surface area (Å²) in [6, 6.07) is -0.535. The van der Waals surface area contributed by atoms with Gasteiger partial charge in [-0.2, -0.15) is 0 Å². The van der Waals surface area contributed by atoms with E-state index in [0.717, 1.165) is 32.1 Å². The van der Waals surface area contributed by atoms with Gasteiger partial charge in [0.1, 0.15) is 0 Å². The fourth-order valence-corrected chi connectivity index (χ4v) is 8.04. The van der Waals surface area contributed by atoms with Crippen molar-refractivity contribution in [2.75, 3.05) is 6.61 Å². The molecule has 0 aliphatic heterocycles. The van der Waals surface area contributed by atoms with Crippen LogP contribution in [0.25, 0.3) is 0 Å². The summed E-state index contributed by atoms with van der Waals surface area (Å²) in [5.74, 6) is -0.0285. The van der Waals surface area contributed by atoms with E-state index >= 15 is 0 Å². The van der Waals surface area contributed by atoms with Crippen molar-refractivity contribution in [2.24, 2.45) is 0 Å². The molecule has 3 N–H and O–H groups in total. The van der Waals surface area contributed by atoms with Crippen molar-refractivity contribution in [3.05, 3.63) is 24.3 Å². The largest absolute Gasteiger partial charge is 0.394 e. The van der Waals surface area contributed by atoms with E-state index in [4.69, 9.17) is 0 Å². The van der Waals surface area contributed by atoms with Crippen LogP contribution in [0.1, 0.15) is 284 Å². The molecule has 0 saturated heterocycles. The van der Waals surface area contributed by atoms with Gasteiger partial charge in [-0.1, -0.05) is 256 Å². The maximum atomic E-state index is 12.5. The van der Waals surface area contributed by atoms with Gasteiger partial charge in [-0.3, -0.25) is 4.79 Å². The molecule has 4 heteroatoms. The lowest BCUT2D eigenvalue weighted by atomic mass is 10.0. The summed E-state index contributed by atoms with van der Waals surface area (Å²) in [5.41, 5.74) is 0. The fourth-order valence-electron chi connectivity index (χ4n) is 8.04. The van der Waals surface area contributed by atoms with Crippen molar-refractivity contribution < 1.29 is 15.0 Å². The van der Waals surface area contributed by atoms with Crippen LogP contribution in [0.3, 0.4) is 0 Å². The van der Waals surface area contributed by atoms with Crippen LogP contribution in [0.15, 0.2) is 24.3 Å². The highest BCUT2D eigenvalue weighted by Gasteiger charge is 2.20. The smallest absolute Gasteiger partial charge is 0.220 e. The quantitative estimate of drug-likeness (QED) is 0.0425. The van der Waals surface area contributed by atoms with Gasteiger partial charge in [0.25, 0.3) is 0 Å². The Balaban J connectivity index is 3.46. The van der Waals surface area contributed by atoms with Crippen LogP contribution in [-0.2, 0) is 4.79 Å². The Hall–Kier alpha value is -1.13. The van der Waals surface area contributed by atoms with Crippen molar-refractivity contribution in [1.82, 2.24) is 5.32 Å². The second-order valence-electron chi connectivity index (χ2n) is 17.6. The van der Waals surface area contributed by atoms with Crippen LogP contribution in [-0.4, -0.2) is 34.9 Å². The number of hydrogen-bond donors (Lipinski definition) is 3. The number of aliphatic hydroxyl groups is 2. The number of nitrogens with one attached hydrogen (secondary N) is 1. The molecule has 0 bridgehead atoms. The molecule has 0 heterocycles. The van der Waals surface area contributed by atoms with Gasteiger partial charge in [-0.05, 0) is 44.9 Å². The predicted molar refractivity (Wildman–Crippen MR) is 249 cm³/mol. The van der Waals surface area contributed by atoms with Crippen LogP contribution in [0.5, 0.6) is 0 Å². The standard InChI is InChI=1S/C52H101NO3/c1-3-5-7-9-11-13-15-17-19-21-23-24-25-26-27-28-30-32-34-36-38-40-42-44-46-48-52(56)53-50(49-54)51(55)47-45-43-41-39-37-35-33-31-29-22-20-18-16-14-12-10-8-6-4-2/h15,17,21,23,50-51,54-55H,3-14,16,18-20,22,24-49H2,1-2H3,(H,53,56)/b17-15-,23-21-. The van der Waals surface area contributed by atoms with Gasteiger partial charge in [-0.15, -0.1) is 0 Å². The second-order valence-corrected chi connectivity index (χ2v) is 17.6. The van der Waals surface area contributed by atoms with E-state index in [1.807, 2.05) is 0 Å². The van der Waals surface area contributed by atoms with E-state index in [1.165, 1.54) is 225 Å². The maximum Gasteiger partial charge on any atom is 0.220 e. The summed E-state index contributed by atoms with van der Waals surface area (Å²) in [6.07, 6.45) is 62.8. The predicted octanol–water partition coefficient (Wildman–Crippen LogP) is 16.4. The lowest BCUT2D eigenvalue weighted by molar-refractivity contribution is -0.123. The minimum Gasteiger partial charge on any atom is -0.394 e. The second kappa shape index (κ2) is 48.2. The molecule has 0 saturated carbocycles. The van der Waals surface area contributed by atoms with Crippen molar-refractivity contribution in [1.29, 1.82) is 0 Å². The molecule has 332 valence electrons. The van der Waals surface area contributed by atoms with Crippen molar-refractivity contribution in [3.63, 3.8) is 0 Å². The zero-order valence-corrected chi connectivity index (χ0v) is 38.2. The average molecular weight is 788 g/mol. The van der Waals surface area contributed by atoms with Gasteiger partial charge in [0.05, 0.1) is 18.8 Å². The van der Waals surface area contributed by atoms with E-state index in [9.17, 15) is 15.0 Å². The monoisotopic (exact) mass is 788 g/mol.